The third-order valence-electron chi connectivity index (χ3n) is 4.00. The van der Waals surface area contributed by atoms with Crippen LogP contribution < -0.4 is 20.1 Å². The summed E-state index contributed by atoms with van der Waals surface area (Å²) in [4.78, 5) is 12.1. The molecule has 146 valence electrons. The van der Waals surface area contributed by atoms with Crippen molar-refractivity contribution in [2.24, 2.45) is 0 Å². The molecule has 1 amide bonds. The molecule has 2 aromatic carbocycles. The molecule has 0 aromatic heterocycles. The molecule has 0 unspecified atom stereocenters. The Balaban J connectivity index is 1.73. The molecule has 0 radical (unpaired) electrons. The maximum absolute atomic E-state index is 12.1. The van der Waals surface area contributed by atoms with E-state index >= 15 is 0 Å². The third-order valence-corrected chi connectivity index (χ3v) is 4.00. The van der Waals surface area contributed by atoms with Crippen molar-refractivity contribution in [3.05, 3.63) is 48.5 Å². The molecule has 0 fully saturated rings. The normalized spacial score (nSPS) is 10.3. The van der Waals surface area contributed by atoms with Crippen LogP contribution in [0.15, 0.2) is 48.5 Å². The summed E-state index contributed by atoms with van der Waals surface area (Å²) in [6, 6.07) is 15.0. The van der Waals surface area contributed by atoms with Crippen molar-refractivity contribution in [1.82, 2.24) is 0 Å². The summed E-state index contributed by atoms with van der Waals surface area (Å²) < 4.78 is 11.2. The highest BCUT2D eigenvalue weighted by Crippen LogP contribution is 2.18. The van der Waals surface area contributed by atoms with Gasteiger partial charge in [0.1, 0.15) is 11.5 Å². The third kappa shape index (κ3) is 8.03. The van der Waals surface area contributed by atoms with Crippen molar-refractivity contribution in [3.63, 3.8) is 0 Å². The Kier molecular flexibility index (Phi) is 9.04. The van der Waals surface area contributed by atoms with E-state index in [1.807, 2.05) is 55.5 Å². The van der Waals surface area contributed by atoms with Crippen LogP contribution in [0, 0.1) is 0 Å². The van der Waals surface area contributed by atoms with Gasteiger partial charge in [-0.05, 0) is 49.7 Å². The number of hydrogen-bond donors (Lipinski definition) is 2. The molecule has 2 aromatic rings. The topological polar surface area (TPSA) is 59.6 Å². The number of carbonyl (C=O) groups excluding carboxylic acids is 1. The van der Waals surface area contributed by atoms with Crippen LogP contribution in [0.1, 0.15) is 39.5 Å². The molecule has 0 aliphatic rings. The van der Waals surface area contributed by atoms with Gasteiger partial charge in [-0.15, -0.1) is 0 Å². The fourth-order valence-electron chi connectivity index (χ4n) is 2.60. The van der Waals surface area contributed by atoms with E-state index in [1.165, 1.54) is 19.3 Å². The predicted octanol–water partition coefficient (Wildman–Crippen LogP) is 5.10. The van der Waals surface area contributed by atoms with Crippen molar-refractivity contribution in [1.29, 1.82) is 0 Å². The molecule has 0 saturated carbocycles. The molecule has 0 atom stereocenters. The lowest BCUT2D eigenvalue weighted by Gasteiger charge is -2.10. The molecule has 0 aliphatic heterocycles. The summed E-state index contributed by atoms with van der Waals surface area (Å²) in [7, 11) is 0. The molecule has 0 bridgehead atoms. The Morgan fingerprint density at radius 3 is 2.44 bits per heavy atom. The number of amides is 1. The minimum atomic E-state index is -0.106. The van der Waals surface area contributed by atoms with E-state index in [-0.39, 0.29) is 12.5 Å². The minimum Gasteiger partial charge on any atom is -0.494 e. The average molecular weight is 370 g/mol. The summed E-state index contributed by atoms with van der Waals surface area (Å²) in [6.45, 7) is 5.67. The number of anilines is 2. The maximum atomic E-state index is 12.1. The number of unbranched alkanes of at least 4 members (excludes halogenated alkanes) is 3. The van der Waals surface area contributed by atoms with Crippen LogP contribution in [0.25, 0.3) is 0 Å². The van der Waals surface area contributed by atoms with Gasteiger partial charge in [-0.3, -0.25) is 4.79 Å². The van der Waals surface area contributed by atoms with E-state index in [2.05, 4.69) is 17.6 Å². The second kappa shape index (κ2) is 11.8. The van der Waals surface area contributed by atoms with Gasteiger partial charge in [0, 0.05) is 17.4 Å². The van der Waals surface area contributed by atoms with Crippen LogP contribution >= 0.6 is 0 Å². The van der Waals surface area contributed by atoms with Crippen LogP contribution in [-0.4, -0.2) is 25.7 Å². The number of hydrogen-bond acceptors (Lipinski definition) is 4. The summed E-state index contributed by atoms with van der Waals surface area (Å²) in [6.07, 6.45) is 4.74. The smallest absolute Gasteiger partial charge is 0.243 e. The zero-order valence-corrected chi connectivity index (χ0v) is 16.3. The van der Waals surface area contributed by atoms with Crippen LogP contribution in [0.4, 0.5) is 11.4 Å². The lowest BCUT2D eigenvalue weighted by atomic mass is 10.2. The van der Waals surface area contributed by atoms with Gasteiger partial charge in [0.25, 0.3) is 0 Å². The van der Waals surface area contributed by atoms with E-state index < -0.39 is 0 Å². The van der Waals surface area contributed by atoms with E-state index in [9.17, 15) is 4.79 Å². The van der Waals surface area contributed by atoms with Gasteiger partial charge in [0.05, 0.1) is 19.8 Å². The monoisotopic (exact) mass is 370 g/mol. The van der Waals surface area contributed by atoms with Crippen LogP contribution in [0.3, 0.4) is 0 Å². The number of rotatable bonds is 12. The first kappa shape index (κ1) is 20.6. The van der Waals surface area contributed by atoms with Crippen molar-refractivity contribution in [2.45, 2.75) is 39.5 Å². The number of nitrogens with one attached hydrogen (secondary N) is 2. The number of benzene rings is 2. The first-order chi connectivity index (χ1) is 13.2. The molecule has 2 rings (SSSR count). The average Bonchev–Trinajstić information content (AvgIpc) is 2.68. The number of ether oxygens (including phenoxy) is 2. The molecule has 0 heterocycles. The largest absolute Gasteiger partial charge is 0.494 e. The summed E-state index contributed by atoms with van der Waals surface area (Å²) in [5.41, 5.74) is 1.60. The van der Waals surface area contributed by atoms with Gasteiger partial charge in [0.2, 0.25) is 5.91 Å². The molecule has 5 nitrogen and oxygen atoms in total. The highest BCUT2D eigenvalue weighted by Gasteiger charge is 2.04. The van der Waals surface area contributed by atoms with Crippen LogP contribution in [-0.2, 0) is 4.79 Å². The van der Waals surface area contributed by atoms with Gasteiger partial charge in [0.15, 0.2) is 0 Å². The second-order valence-electron chi connectivity index (χ2n) is 6.30. The van der Waals surface area contributed by atoms with Gasteiger partial charge >= 0.3 is 0 Å². The Hall–Kier alpha value is -2.69. The van der Waals surface area contributed by atoms with Crippen LogP contribution in [0.2, 0.25) is 0 Å². The zero-order valence-electron chi connectivity index (χ0n) is 16.3. The SMILES string of the molecule is CCCCCCOc1ccc(NC(=O)CNc2cccc(OCC)c2)cc1. The number of carbonyl (C=O) groups is 1. The molecular weight excluding hydrogens is 340 g/mol. The first-order valence-corrected chi connectivity index (χ1v) is 9.70. The first-order valence-electron chi connectivity index (χ1n) is 9.70. The van der Waals surface area contributed by atoms with Gasteiger partial charge in [-0.1, -0.05) is 32.3 Å². The Labute approximate surface area is 162 Å². The van der Waals surface area contributed by atoms with Gasteiger partial charge < -0.3 is 20.1 Å². The summed E-state index contributed by atoms with van der Waals surface area (Å²) >= 11 is 0. The molecule has 5 heteroatoms. The van der Waals surface area contributed by atoms with Crippen molar-refractivity contribution >= 4 is 17.3 Å². The lowest BCUT2D eigenvalue weighted by molar-refractivity contribution is -0.114. The molecule has 2 N–H and O–H groups in total. The minimum absolute atomic E-state index is 0.106. The molecule has 0 saturated heterocycles. The summed E-state index contributed by atoms with van der Waals surface area (Å²) in [5.74, 6) is 1.51. The van der Waals surface area contributed by atoms with E-state index in [0.717, 1.165) is 35.9 Å². The maximum Gasteiger partial charge on any atom is 0.243 e. The van der Waals surface area contributed by atoms with E-state index in [4.69, 9.17) is 9.47 Å². The summed E-state index contributed by atoms with van der Waals surface area (Å²) in [5, 5.41) is 5.98. The quantitative estimate of drug-likeness (QED) is 0.511. The van der Waals surface area contributed by atoms with E-state index in [0.29, 0.717) is 6.61 Å². The second-order valence-corrected chi connectivity index (χ2v) is 6.30. The fourth-order valence-corrected chi connectivity index (χ4v) is 2.60. The van der Waals surface area contributed by atoms with Crippen LogP contribution in [0.5, 0.6) is 11.5 Å². The Morgan fingerprint density at radius 1 is 0.889 bits per heavy atom. The molecule has 27 heavy (non-hydrogen) atoms. The highest BCUT2D eigenvalue weighted by atomic mass is 16.5. The Bertz CT molecular complexity index is 686. The van der Waals surface area contributed by atoms with Crippen molar-refractivity contribution in [3.8, 4) is 11.5 Å². The highest BCUT2D eigenvalue weighted by molar-refractivity contribution is 5.93. The predicted molar refractivity (Wildman–Crippen MR) is 111 cm³/mol. The van der Waals surface area contributed by atoms with Crippen molar-refractivity contribution in [2.75, 3.05) is 30.4 Å². The van der Waals surface area contributed by atoms with Gasteiger partial charge in [-0.2, -0.15) is 0 Å². The standard InChI is InChI=1S/C22H30N2O3/c1-3-5-6-7-15-27-20-13-11-18(12-14-20)24-22(25)17-23-19-9-8-10-21(16-19)26-4-2/h8-14,16,23H,3-7,15,17H2,1-2H3,(H,24,25). The lowest BCUT2D eigenvalue weighted by Crippen LogP contribution is -2.21. The molecule has 0 aliphatic carbocycles. The molecule has 0 spiro atoms. The van der Waals surface area contributed by atoms with Gasteiger partial charge in [-0.25, -0.2) is 0 Å². The van der Waals surface area contributed by atoms with Crippen molar-refractivity contribution < 1.29 is 14.3 Å². The zero-order chi connectivity index (χ0) is 19.3. The molecular formula is C22H30N2O3. The van der Waals surface area contributed by atoms with E-state index in [1.54, 1.807) is 0 Å². The Morgan fingerprint density at radius 2 is 1.70 bits per heavy atom. The fraction of sp³-hybridized carbons (Fsp3) is 0.409.